The van der Waals surface area contributed by atoms with Crippen molar-refractivity contribution in [2.45, 2.75) is 38.1 Å². The summed E-state index contributed by atoms with van der Waals surface area (Å²) in [5.74, 6) is 0.767. The fourth-order valence-electron chi connectivity index (χ4n) is 3.01. The van der Waals surface area contributed by atoms with Gasteiger partial charge in [-0.3, -0.25) is 0 Å². The topological polar surface area (TPSA) is 50.5 Å². The quantitative estimate of drug-likeness (QED) is 0.785. The molecule has 0 aromatic heterocycles. The third-order valence-corrected chi connectivity index (χ3v) is 4.42. The number of nitrogens with two attached hydrogens (primary N) is 1. The average molecular weight is 277 g/mol. The van der Waals surface area contributed by atoms with E-state index in [1.165, 1.54) is 25.7 Å². The molecule has 4 heteroatoms. The van der Waals surface area contributed by atoms with Gasteiger partial charge in [-0.05, 0) is 46.0 Å². The van der Waals surface area contributed by atoms with E-state index in [1.54, 1.807) is 0 Å². The van der Waals surface area contributed by atoms with Crippen molar-refractivity contribution >= 4 is 11.4 Å². The molecule has 20 heavy (non-hydrogen) atoms. The molecule has 0 aliphatic heterocycles. The predicted octanol–water partition coefficient (Wildman–Crippen LogP) is 2.95. The Hall–Kier alpha value is -1.42. The lowest BCUT2D eigenvalue weighted by Crippen LogP contribution is -2.47. The Morgan fingerprint density at radius 2 is 2.00 bits per heavy atom. The summed E-state index contributed by atoms with van der Waals surface area (Å²) in [4.78, 5) is 2.37. The van der Waals surface area contributed by atoms with Crippen LogP contribution in [0.2, 0.25) is 0 Å². The lowest BCUT2D eigenvalue weighted by Gasteiger charge is -2.36. The zero-order valence-corrected chi connectivity index (χ0v) is 12.9. The second-order valence-electron chi connectivity index (χ2n) is 5.87. The van der Waals surface area contributed by atoms with Gasteiger partial charge in [-0.2, -0.15) is 0 Å². The highest BCUT2D eigenvalue weighted by molar-refractivity contribution is 5.61. The number of nitrogens with one attached hydrogen (secondary N) is 1. The Balaban J connectivity index is 2.04. The molecule has 112 valence electrons. The largest absolute Gasteiger partial charge is 0.492 e. The molecule has 1 aromatic carbocycles. The minimum atomic E-state index is 0.285. The van der Waals surface area contributed by atoms with E-state index in [9.17, 15) is 0 Å². The number of hydrogen-bond donors (Lipinski definition) is 2. The van der Waals surface area contributed by atoms with Crippen molar-refractivity contribution in [3.05, 3.63) is 18.2 Å². The fraction of sp³-hybridized carbons (Fsp3) is 0.625. The van der Waals surface area contributed by atoms with Gasteiger partial charge < -0.3 is 20.7 Å². The summed E-state index contributed by atoms with van der Waals surface area (Å²) >= 11 is 0. The van der Waals surface area contributed by atoms with E-state index < -0.39 is 0 Å². The van der Waals surface area contributed by atoms with Crippen LogP contribution in [0.4, 0.5) is 11.4 Å². The summed E-state index contributed by atoms with van der Waals surface area (Å²) < 4.78 is 5.55. The van der Waals surface area contributed by atoms with Crippen LogP contribution in [-0.4, -0.2) is 37.7 Å². The second kappa shape index (κ2) is 6.35. The molecule has 0 amide bonds. The van der Waals surface area contributed by atoms with Crippen LogP contribution >= 0.6 is 0 Å². The number of benzene rings is 1. The monoisotopic (exact) mass is 277 g/mol. The first kappa shape index (κ1) is 15.0. The van der Waals surface area contributed by atoms with Crippen LogP contribution in [-0.2, 0) is 0 Å². The fourth-order valence-corrected chi connectivity index (χ4v) is 3.01. The van der Waals surface area contributed by atoms with Crippen molar-refractivity contribution in [3.63, 3.8) is 0 Å². The molecular weight excluding hydrogens is 250 g/mol. The molecule has 0 unspecified atom stereocenters. The molecule has 1 fully saturated rings. The van der Waals surface area contributed by atoms with Crippen LogP contribution in [0, 0.1) is 0 Å². The summed E-state index contributed by atoms with van der Waals surface area (Å²) in [7, 11) is 4.36. The van der Waals surface area contributed by atoms with Gasteiger partial charge in [0.1, 0.15) is 5.75 Å². The first-order valence-electron chi connectivity index (χ1n) is 7.51. The molecule has 0 bridgehead atoms. The molecule has 2 rings (SSSR count). The first-order valence-corrected chi connectivity index (χ1v) is 7.51. The van der Waals surface area contributed by atoms with Gasteiger partial charge in [0.25, 0.3) is 0 Å². The molecule has 4 nitrogen and oxygen atoms in total. The van der Waals surface area contributed by atoms with Crippen LogP contribution in [0.25, 0.3) is 0 Å². The van der Waals surface area contributed by atoms with Gasteiger partial charge in [0.2, 0.25) is 0 Å². The SMILES string of the molecule is CCOc1cc(NCC2(N(C)C)CCCC2)ccc1N. The van der Waals surface area contributed by atoms with Crippen LogP contribution in [0.3, 0.4) is 0 Å². The van der Waals surface area contributed by atoms with Gasteiger partial charge in [-0.25, -0.2) is 0 Å². The van der Waals surface area contributed by atoms with Crippen LogP contribution in [0.1, 0.15) is 32.6 Å². The van der Waals surface area contributed by atoms with Crippen molar-refractivity contribution < 1.29 is 4.74 Å². The van der Waals surface area contributed by atoms with E-state index in [4.69, 9.17) is 10.5 Å². The summed E-state index contributed by atoms with van der Waals surface area (Å²) in [6.07, 6.45) is 5.18. The molecule has 0 spiro atoms. The Morgan fingerprint density at radius 1 is 1.30 bits per heavy atom. The Labute approximate surface area is 122 Å². The second-order valence-corrected chi connectivity index (χ2v) is 5.87. The molecule has 0 atom stereocenters. The van der Waals surface area contributed by atoms with Gasteiger partial charge >= 0.3 is 0 Å². The Kier molecular flexibility index (Phi) is 4.76. The zero-order chi connectivity index (χ0) is 14.6. The molecule has 1 saturated carbocycles. The van der Waals surface area contributed by atoms with Gasteiger partial charge in [0.15, 0.2) is 0 Å². The van der Waals surface area contributed by atoms with Crippen molar-refractivity contribution in [1.82, 2.24) is 4.90 Å². The standard InChI is InChI=1S/C16H27N3O/c1-4-20-15-11-13(7-8-14(15)17)18-12-16(19(2)3)9-5-6-10-16/h7-8,11,18H,4-6,9-10,12,17H2,1-3H3. The molecule has 0 saturated heterocycles. The highest BCUT2D eigenvalue weighted by Gasteiger charge is 2.35. The lowest BCUT2D eigenvalue weighted by molar-refractivity contribution is 0.172. The molecule has 1 aliphatic rings. The molecule has 0 heterocycles. The smallest absolute Gasteiger partial charge is 0.144 e. The van der Waals surface area contributed by atoms with Crippen LogP contribution in [0.5, 0.6) is 5.75 Å². The van der Waals surface area contributed by atoms with Crippen molar-refractivity contribution in [2.75, 3.05) is 38.3 Å². The van der Waals surface area contributed by atoms with E-state index in [1.807, 2.05) is 25.1 Å². The van der Waals surface area contributed by atoms with E-state index in [0.29, 0.717) is 12.3 Å². The zero-order valence-electron chi connectivity index (χ0n) is 12.9. The molecule has 1 aliphatic carbocycles. The number of hydrogen-bond acceptors (Lipinski definition) is 4. The summed E-state index contributed by atoms with van der Waals surface area (Å²) in [6.45, 7) is 3.57. The van der Waals surface area contributed by atoms with Crippen molar-refractivity contribution in [3.8, 4) is 5.75 Å². The maximum atomic E-state index is 5.91. The minimum absolute atomic E-state index is 0.285. The third-order valence-electron chi connectivity index (χ3n) is 4.42. The molecule has 1 aromatic rings. The number of ether oxygens (including phenoxy) is 1. The van der Waals surface area contributed by atoms with Crippen molar-refractivity contribution in [1.29, 1.82) is 0 Å². The van der Waals surface area contributed by atoms with Gasteiger partial charge in [0.05, 0.1) is 12.3 Å². The lowest BCUT2D eigenvalue weighted by atomic mass is 9.96. The maximum absolute atomic E-state index is 5.91. The van der Waals surface area contributed by atoms with E-state index in [2.05, 4.69) is 24.3 Å². The van der Waals surface area contributed by atoms with E-state index >= 15 is 0 Å². The van der Waals surface area contributed by atoms with Crippen molar-refractivity contribution in [2.24, 2.45) is 0 Å². The summed E-state index contributed by atoms with van der Waals surface area (Å²) in [6, 6.07) is 5.93. The first-order chi connectivity index (χ1) is 9.57. The highest BCUT2D eigenvalue weighted by atomic mass is 16.5. The Morgan fingerprint density at radius 3 is 2.60 bits per heavy atom. The Bertz CT molecular complexity index is 439. The normalized spacial score (nSPS) is 17.4. The van der Waals surface area contributed by atoms with Gasteiger partial charge in [0, 0.05) is 23.8 Å². The maximum Gasteiger partial charge on any atom is 0.144 e. The average Bonchev–Trinajstić information content (AvgIpc) is 2.90. The van der Waals surface area contributed by atoms with Gasteiger partial charge in [-0.1, -0.05) is 12.8 Å². The van der Waals surface area contributed by atoms with Gasteiger partial charge in [-0.15, -0.1) is 0 Å². The summed E-state index contributed by atoms with van der Waals surface area (Å²) in [5, 5.41) is 3.56. The number of nitrogens with zero attached hydrogens (tertiary/aromatic N) is 1. The number of rotatable bonds is 6. The highest BCUT2D eigenvalue weighted by Crippen LogP contribution is 2.34. The minimum Gasteiger partial charge on any atom is -0.492 e. The van der Waals surface area contributed by atoms with Crippen LogP contribution in [0.15, 0.2) is 18.2 Å². The van der Waals surface area contributed by atoms with E-state index in [-0.39, 0.29) is 5.54 Å². The van der Waals surface area contributed by atoms with Crippen LogP contribution < -0.4 is 15.8 Å². The predicted molar refractivity (Wildman–Crippen MR) is 85.4 cm³/mol. The molecule has 0 radical (unpaired) electrons. The summed E-state index contributed by atoms with van der Waals surface area (Å²) in [5.41, 5.74) is 7.97. The number of likely N-dealkylation sites (N-methyl/N-ethyl adjacent to an activating group) is 1. The van der Waals surface area contributed by atoms with E-state index in [0.717, 1.165) is 18.0 Å². The third kappa shape index (κ3) is 3.18. The molecular formula is C16H27N3O. The molecule has 3 N–H and O–H groups in total. The number of nitrogen functional groups attached to an aromatic ring is 1. The number of anilines is 2.